The summed E-state index contributed by atoms with van der Waals surface area (Å²) in [5, 5.41) is 6.50. The maximum absolute atomic E-state index is 5.71. The van der Waals surface area contributed by atoms with E-state index in [-0.39, 0.29) is 0 Å². The average molecular weight is 260 g/mol. The Hall–Kier alpha value is -1.39. The van der Waals surface area contributed by atoms with Gasteiger partial charge in [0.2, 0.25) is 0 Å². The van der Waals surface area contributed by atoms with Crippen LogP contribution in [-0.4, -0.2) is 18.6 Å². The topological polar surface area (TPSA) is 34.1 Å². The van der Waals surface area contributed by atoms with Gasteiger partial charge in [-0.2, -0.15) is 0 Å². The van der Waals surface area contributed by atoms with Crippen LogP contribution in [0, 0.1) is 0 Å². The molecule has 4 heteroatoms. The third-order valence-corrected chi connectivity index (χ3v) is 4.39. The molecule has 0 fully saturated rings. The molecule has 3 rings (SSSR count). The van der Waals surface area contributed by atoms with Crippen LogP contribution in [-0.2, 0) is 0 Å². The molecule has 0 aliphatic carbocycles. The highest BCUT2D eigenvalue weighted by atomic mass is 32.1. The molecule has 1 aromatic carbocycles. The molecule has 0 spiro atoms. The number of nitrogens with one attached hydrogen (secondary N) is 1. The minimum atomic E-state index is 0.295. The van der Waals surface area contributed by atoms with E-state index >= 15 is 0 Å². The molecular weight excluding hydrogens is 244 g/mol. The van der Waals surface area contributed by atoms with Crippen molar-refractivity contribution in [1.82, 2.24) is 10.3 Å². The molecule has 1 aliphatic heterocycles. The molecule has 18 heavy (non-hydrogen) atoms. The Labute approximate surface area is 111 Å². The summed E-state index contributed by atoms with van der Waals surface area (Å²) in [7, 11) is 1.96. The van der Waals surface area contributed by atoms with E-state index in [9.17, 15) is 0 Å². The summed E-state index contributed by atoms with van der Waals surface area (Å²) in [5.41, 5.74) is 2.37. The van der Waals surface area contributed by atoms with Crippen LogP contribution in [0.2, 0.25) is 0 Å². The van der Waals surface area contributed by atoms with E-state index in [4.69, 9.17) is 9.72 Å². The lowest BCUT2D eigenvalue weighted by Crippen LogP contribution is -2.13. The van der Waals surface area contributed by atoms with E-state index in [1.54, 1.807) is 11.3 Å². The fourth-order valence-corrected chi connectivity index (χ4v) is 3.19. The smallest absolute Gasteiger partial charge is 0.123 e. The van der Waals surface area contributed by atoms with Gasteiger partial charge < -0.3 is 10.1 Å². The Morgan fingerprint density at radius 3 is 3.11 bits per heavy atom. The summed E-state index contributed by atoms with van der Waals surface area (Å²) < 4.78 is 5.71. The van der Waals surface area contributed by atoms with Crippen molar-refractivity contribution >= 4 is 11.3 Å². The quantitative estimate of drug-likeness (QED) is 0.921. The molecule has 2 aromatic rings. The number of hydrogen-bond acceptors (Lipinski definition) is 4. The monoisotopic (exact) mass is 260 g/mol. The van der Waals surface area contributed by atoms with Gasteiger partial charge >= 0.3 is 0 Å². The summed E-state index contributed by atoms with van der Waals surface area (Å²) in [4.78, 5) is 4.74. The van der Waals surface area contributed by atoms with Crippen molar-refractivity contribution in [3.8, 4) is 5.75 Å². The number of ether oxygens (including phenoxy) is 1. The van der Waals surface area contributed by atoms with Crippen LogP contribution in [0.15, 0.2) is 29.6 Å². The number of fused-ring (bicyclic) bond motifs is 1. The van der Waals surface area contributed by atoms with Crippen LogP contribution in [0.5, 0.6) is 5.75 Å². The van der Waals surface area contributed by atoms with Crippen molar-refractivity contribution in [1.29, 1.82) is 0 Å². The first-order valence-electron chi connectivity index (χ1n) is 6.14. The van der Waals surface area contributed by atoms with Crippen LogP contribution in [0.1, 0.15) is 35.1 Å². The zero-order valence-corrected chi connectivity index (χ0v) is 11.3. The van der Waals surface area contributed by atoms with Crippen molar-refractivity contribution in [2.75, 3.05) is 13.7 Å². The molecule has 0 saturated heterocycles. The lowest BCUT2D eigenvalue weighted by molar-refractivity contribution is 0.342. The van der Waals surface area contributed by atoms with Gasteiger partial charge in [-0.25, -0.2) is 4.98 Å². The number of rotatable bonds is 3. The van der Waals surface area contributed by atoms with Gasteiger partial charge in [-0.05, 0) is 20.0 Å². The molecule has 2 heterocycles. The van der Waals surface area contributed by atoms with E-state index in [1.807, 2.05) is 19.2 Å². The zero-order chi connectivity index (χ0) is 12.5. The number of benzene rings is 1. The first-order chi connectivity index (χ1) is 8.79. The molecule has 0 radical (unpaired) electrons. The predicted octanol–water partition coefficient (Wildman–Crippen LogP) is 2.95. The van der Waals surface area contributed by atoms with E-state index in [2.05, 4.69) is 29.8 Å². The molecule has 1 N–H and O–H groups in total. The van der Waals surface area contributed by atoms with Crippen LogP contribution in [0.25, 0.3) is 0 Å². The fraction of sp³-hybridized carbons (Fsp3) is 0.357. The van der Waals surface area contributed by atoms with Gasteiger partial charge in [-0.3, -0.25) is 0 Å². The Bertz CT molecular complexity index is 552. The zero-order valence-electron chi connectivity index (χ0n) is 10.5. The van der Waals surface area contributed by atoms with Crippen LogP contribution in [0.3, 0.4) is 0 Å². The average Bonchev–Trinajstić information content (AvgIpc) is 3.03. The number of nitrogens with zero attached hydrogens (tertiary/aromatic N) is 1. The van der Waals surface area contributed by atoms with E-state index in [1.165, 1.54) is 5.56 Å². The maximum atomic E-state index is 5.71. The number of aromatic nitrogens is 1. The molecule has 1 aromatic heterocycles. The molecule has 0 saturated carbocycles. The molecule has 0 bridgehead atoms. The highest BCUT2D eigenvalue weighted by Crippen LogP contribution is 2.39. The standard InChI is InChI=1S/C14H16N2OS/c1-9(15-2)12-8-18-14(16-12)11-7-17-13-6-4-3-5-10(11)13/h3-6,8-9,11,15H,7H2,1-2H3. The highest BCUT2D eigenvalue weighted by molar-refractivity contribution is 7.09. The molecule has 1 aliphatic rings. The largest absolute Gasteiger partial charge is 0.492 e. The fourth-order valence-electron chi connectivity index (χ4n) is 2.17. The Morgan fingerprint density at radius 2 is 2.28 bits per heavy atom. The van der Waals surface area contributed by atoms with Crippen LogP contribution in [0.4, 0.5) is 0 Å². The molecule has 94 valence electrons. The van der Waals surface area contributed by atoms with Gasteiger partial charge in [0, 0.05) is 17.0 Å². The normalized spacial score (nSPS) is 19.3. The second-order valence-corrected chi connectivity index (χ2v) is 5.41. The van der Waals surface area contributed by atoms with Crippen molar-refractivity contribution in [2.24, 2.45) is 0 Å². The predicted molar refractivity (Wildman–Crippen MR) is 73.4 cm³/mol. The maximum Gasteiger partial charge on any atom is 0.123 e. The SMILES string of the molecule is CNC(C)c1csc(C2COc3ccccc32)n1. The van der Waals surface area contributed by atoms with Gasteiger partial charge in [0.15, 0.2) is 0 Å². The minimum absolute atomic E-state index is 0.295. The third kappa shape index (κ3) is 1.91. The molecule has 2 unspecified atom stereocenters. The van der Waals surface area contributed by atoms with Gasteiger partial charge in [0.1, 0.15) is 17.4 Å². The van der Waals surface area contributed by atoms with E-state index < -0.39 is 0 Å². The van der Waals surface area contributed by atoms with Gasteiger partial charge in [-0.1, -0.05) is 18.2 Å². The Morgan fingerprint density at radius 1 is 1.44 bits per heavy atom. The number of thiazole rings is 1. The molecule has 0 amide bonds. The number of hydrogen-bond donors (Lipinski definition) is 1. The first kappa shape index (κ1) is 11.7. The first-order valence-corrected chi connectivity index (χ1v) is 7.02. The van der Waals surface area contributed by atoms with E-state index in [0.717, 1.165) is 16.5 Å². The Kier molecular flexibility index (Phi) is 3.06. The summed E-state index contributed by atoms with van der Waals surface area (Å²) in [6, 6.07) is 8.53. The third-order valence-electron chi connectivity index (χ3n) is 3.41. The van der Waals surface area contributed by atoms with Crippen molar-refractivity contribution in [2.45, 2.75) is 18.9 Å². The minimum Gasteiger partial charge on any atom is -0.492 e. The Balaban J connectivity index is 1.91. The second kappa shape index (κ2) is 4.71. The van der Waals surface area contributed by atoms with Crippen molar-refractivity contribution < 1.29 is 4.74 Å². The summed E-state index contributed by atoms with van der Waals surface area (Å²) >= 11 is 1.72. The van der Waals surface area contributed by atoms with Crippen LogP contribution >= 0.6 is 11.3 Å². The van der Waals surface area contributed by atoms with Crippen molar-refractivity contribution in [3.63, 3.8) is 0 Å². The summed E-state index contributed by atoms with van der Waals surface area (Å²) in [5.74, 6) is 1.30. The second-order valence-electron chi connectivity index (χ2n) is 4.52. The summed E-state index contributed by atoms with van der Waals surface area (Å²) in [6.07, 6.45) is 0. The van der Waals surface area contributed by atoms with Gasteiger partial charge in [0.25, 0.3) is 0 Å². The lowest BCUT2D eigenvalue weighted by Gasteiger charge is -2.07. The van der Waals surface area contributed by atoms with Crippen molar-refractivity contribution in [3.05, 3.63) is 45.9 Å². The number of para-hydroxylation sites is 1. The lowest BCUT2D eigenvalue weighted by atomic mass is 10.0. The molecule has 2 atom stereocenters. The highest BCUT2D eigenvalue weighted by Gasteiger charge is 2.27. The molecular formula is C14H16N2OS. The summed E-state index contributed by atoms with van der Waals surface area (Å²) in [6.45, 7) is 2.83. The van der Waals surface area contributed by atoms with Gasteiger partial charge in [0.05, 0.1) is 11.6 Å². The van der Waals surface area contributed by atoms with E-state index in [0.29, 0.717) is 18.6 Å². The van der Waals surface area contributed by atoms with Gasteiger partial charge in [-0.15, -0.1) is 11.3 Å². The molecule has 3 nitrogen and oxygen atoms in total. The van der Waals surface area contributed by atoms with Crippen LogP contribution < -0.4 is 10.1 Å².